The van der Waals surface area contributed by atoms with Crippen molar-refractivity contribution in [2.45, 2.75) is 31.8 Å². The summed E-state index contributed by atoms with van der Waals surface area (Å²) >= 11 is 0. The molecule has 110 valence electrons. The molecule has 1 aliphatic carbocycles. The van der Waals surface area contributed by atoms with Crippen LogP contribution >= 0.6 is 0 Å². The van der Waals surface area contributed by atoms with Crippen molar-refractivity contribution < 1.29 is 14.7 Å². The second-order valence-electron chi connectivity index (χ2n) is 5.07. The molecular formula is C14H20FN3O2. The maximum absolute atomic E-state index is 14.1. The van der Waals surface area contributed by atoms with Crippen molar-refractivity contribution in [2.75, 3.05) is 13.2 Å². The minimum atomic E-state index is -0.378. The van der Waals surface area contributed by atoms with Gasteiger partial charge in [0, 0.05) is 30.3 Å². The van der Waals surface area contributed by atoms with E-state index in [4.69, 9.17) is 16.0 Å². The van der Waals surface area contributed by atoms with Crippen LogP contribution in [0.25, 0.3) is 0 Å². The summed E-state index contributed by atoms with van der Waals surface area (Å²) in [6, 6.07) is 4.98. The number of aliphatic hydroxyl groups excluding tert-OH is 1. The maximum atomic E-state index is 14.1. The summed E-state index contributed by atoms with van der Waals surface area (Å²) in [4.78, 5) is 2.10. The summed E-state index contributed by atoms with van der Waals surface area (Å²) < 4.78 is 14.1. The Morgan fingerprint density at radius 3 is 2.70 bits per heavy atom. The molecular weight excluding hydrogens is 261 g/mol. The lowest BCUT2D eigenvalue weighted by Crippen LogP contribution is -2.41. The van der Waals surface area contributed by atoms with Gasteiger partial charge in [-0.3, -0.25) is 4.90 Å². The molecule has 0 spiro atoms. The molecule has 2 rings (SSSR count). The van der Waals surface area contributed by atoms with E-state index in [0.29, 0.717) is 30.3 Å². The zero-order chi connectivity index (χ0) is 14.5. The molecule has 0 aromatic heterocycles. The standard InChI is InChI=1S/C14H20FN3O2/c15-13-8-10(14(16)17-20)4-5-11(13)9-18(6-7-19)12-2-1-3-12/h4-5,8,12,19-20H,1-3,6-7,9H2,(H2,16,17). The highest BCUT2D eigenvalue weighted by Gasteiger charge is 2.25. The molecule has 1 fully saturated rings. The van der Waals surface area contributed by atoms with Gasteiger partial charge in [-0.1, -0.05) is 23.7 Å². The highest BCUT2D eigenvalue weighted by Crippen LogP contribution is 2.26. The van der Waals surface area contributed by atoms with Crippen LogP contribution in [-0.2, 0) is 6.54 Å². The molecule has 20 heavy (non-hydrogen) atoms. The number of nitrogens with zero attached hydrogens (tertiary/aromatic N) is 2. The van der Waals surface area contributed by atoms with Crippen molar-refractivity contribution >= 4 is 5.84 Å². The van der Waals surface area contributed by atoms with Gasteiger partial charge in [-0.05, 0) is 18.9 Å². The molecule has 1 aromatic carbocycles. The third kappa shape index (κ3) is 3.26. The molecule has 0 bridgehead atoms. The quantitative estimate of drug-likeness (QED) is 0.317. The monoisotopic (exact) mass is 281 g/mol. The van der Waals surface area contributed by atoms with Crippen LogP contribution < -0.4 is 5.73 Å². The Bertz CT molecular complexity index is 489. The average molecular weight is 281 g/mol. The summed E-state index contributed by atoms with van der Waals surface area (Å²) in [5.74, 6) is -0.488. The van der Waals surface area contributed by atoms with Gasteiger partial charge in [0.1, 0.15) is 5.82 Å². The van der Waals surface area contributed by atoms with Gasteiger partial charge in [-0.15, -0.1) is 0 Å². The van der Waals surface area contributed by atoms with Crippen molar-refractivity contribution in [3.8, 4) is 0 Å². The fraction of sp³-hybridized carbons (Fsp3) is 0.500. The number of halogens is 1. The molecule has 1 aromatic rings. The van der Waals surface area contributed by atoms with Gasteiger partial charge >= 0.3 is 0 Å². The van der Waals surface area contributed by atoms with Crippen molar-refractivity contribution in [2.24, 2.45) is 10.9 Å². The minimum Gasteiger partial charge on any atom is -0.409 e. The van der Waals surface area contributed by atoms with Crippen LogP contribution in [0.4, 0.5) is 4.39 Å². The molecule has 0 unspecified atom stereocenters. The molecule has 5 nitrogen and oxygen atoms in total. The van der Waals surface area contributed by atoms with E-state index in [1.807, 2.05) is 0 Å². The second kappa shape index (κ2) is 6.67. The van der Waals surface area contributed by atoms with Crippen LogP contribution in [0.1, 0.15) is 30.4 Å². The molecule has 0 heterocycles. The molecule has 0 atom stereocenters. The first-order valence-corrected chi connectivity index (χ1v) is 6.77. The van der Waals surface area contributed by atoms with E-state index in [9.17, 15) is 4.39 Å². The maximum Gasteiger partial charge on any atom is 0.170 e. The van der Waals surface area contributed by atoms with E-state index in [1.54, 1.807) is 12.1 Å². The predicted octanol–water partition coefficient (Wildman–Crippen LogP) is 1.27. The van der Waals surface area contributed by atoms with Gasteiger partial charge < -0.3 is 16.0 Å². The summed E-state index contributed by atoms with van der Waals surface area (Å²) in [6.07, 6.45) is 3.39. The first kappa shape index (κ1) is 14.7. The van der Waals surface area contributed by atoms with E-state index < -0.39 is 0 Å². The van der Waals surface area contributed by atoms with Crippen LogP contribution in [0.2, 0.25) is 0 Å². The zero-order valence-corrected chi connectivity index (χ0v) is 11.3. The number of hydrogen-bond donors (Lipinski definition) is 3. The first-order chi connectivity index (χ1) is 9.65. The number of oxime groups is 1. The van der Waals surface area contributed by atoms with E-state index in [2.05, 4.69) is 10.1 Å². The smallest absolute Gasteiger partial charge is 0.170 e. The predicted molar refractivity (Wildman–Crippen MR) is 74.0 cm³/mol. The van der Waals surface area contributed by atoms with Gasteiger partial charge in [0.25, 0.3) is 0 Å². The lowest BCUT2D eigenvalue weighted by atomic mass is 9.91. The first-order valence-electron chi connectivity index (χ1n) is 6.77. The van der Waals surface area contributed by atoms with Crippen molar-refractivity contribution in [3.05, 3.63) is 35.1 Å². The van der Waals surface area contributed by atoms with Gasteiger partial charge in [0.05, 0.1) is 6.61 Å². The van der Waals surface area contributed by atoms with Crippen molar-refractivity contribution in [1.82, 2.24) is 4.90 Å². The average Bonchev–Trinajstić information content (AvgIpc) is 2.38. The van der Waals surface area contributed by atoms with Crippen LogP contribution in [0.3, 0.4) is 0 Å². The number of rotatable bonds is 6. The molecule has 0 aliphatic heterocycles. The molecule has 4 N–H and O–H groups in total. The Labute approximate surface area is 117 Å². The van der Waals surface area contributed by atoms with Crippen LogP contribution in [0, 0.1) is 5.82 Å². The molecule has 0 saturated heterocycles. The summed E-state index contributed by atoms with van der Waals surface area (Å²) in [6.45, 7) is 1.08. The van der Waals surface area contributed by atoms with Crippen molar-refractivity contribution in [1.29, 1.82) is 0 Å². The zero-order valence-electron chi connectivity index (χ0n) is 11.3. The van der Waals surface area contributed by atoms with E-state index in [-0.39, 0.29) is 18.3 Å². The van der Waals surface area contributed by atoms with Gasteiger partial charge in [-0.25, -0.2) is 4.39 Å². The highest BCUT2D eigenvalue weighted by atomic mass is 19.1. The fourth-order valence-corrected chi connectivity index (χ4v) is 2.38. The number of benzene rings is 1. The number of nitrogens with two attached hydrogens (primary N) is 1. The molecule has 1 aliphatic rings. The van der Waals surface area contributed by atoms with Crippen LogP contribution in [-0.4, -0.2) is 40.2 Å². The number of amidine groups is 1. The SMILES string of the molecule is N/C(=N/O)c1ccc(CN(CCO)C2CCC2)c(F)c1. The molecule has 1 saturated carbocycles. The molecule has 6 heteroatoms. The second-order valence-corrected chi connectivity index (χ2v) is 5.07. The lowest BCUT2D eigenvalue weighted by molar-refractivity contribution is 0.0935. The third-order valence-corrected chi connectivity index (χ3v) is 3.81. The summed E-state index contributed by atoms with van der Waals surface area (Å²) in [5, 5.41) is 20.5. The highest BCUT2D eigenvalue weighted by molar-refractivity contribution is 5.97. The normalized spacial score (nSPS) is 16.4. The van der Waals surface area contributed by atoms with E-state index >= 15 is 0 Å². The lowest BCUT2D eigenvalue weighted by Gasteiger charge is -2.37. The largest absolute Gasteiger partial charge is 0.409 e. The Morgan fingerprint density at radius 1 is 1.45 bits per heavy atom. The Balaban J connectivity index is 2.11. The summed E-state index contributed by atoms with van der Waals surface area (Å²) in [5.41, 5.74) is 6.34. The number of aliphatic hydroxyl groups is 1. The molecule has 0 radical (unpaired) electrons. The van der Waals surface area contributed by atoms with Gasteiger partial charge in [0.2, 0.25) is 0 Å². The minimum absolute atomic E-state index is 0.0698. The van der Waals surface area contributed by atoms with Gasteiger partial charge in [-0.2, -0.15) is 0 Å². The van der Waals surface area contributed by atoms with E-state index in [0.717, 1.165) is 12.8 Å². The Morgan fingerprint density at radius 2 is 2.20 bits per heavy atom. The Kier molecular flexibility index (Phi) is 4.92. The van der Waals surface area contributed by atoms with Gasteiger partial charge in [0.15, 0.2) is 5.84 Å². The van der Waals surface area contributed by atoms with Crippen LogP contribution in [0.15, 0.2) is 23.4 Å². The van der Waals surface area contributed by atoms with E-state index in [1.165, 1.54) is 12.5 Å². The van der Waals surface area contributed by atoms with Crippen LogP contribution in [0.5, 0.6) is 0 Å². The summed E-state index contributed by atoms with van der Waals surface area (Å²) in [7, 11) is 0. The molecule has 0 amide bonds. The topological polar surface area (TPSA) is 82.1 Å². The van der Waals surface area contributed by atoms with Crippen molar-refractivity contribution in [3.63, 3.8) is 0 Å². The number of hydrogen-bond acceptors (Lipinski definition) is 4. The Hall–Kier alpha value is -1.66. The third-order valence-electron chi connectivity index (χ3n) is 3.81. The fourth-order valence-electron chi connectivity index (χ4n) is 2.38.